The molecule has 26 heavy (non-hydrogen) atoms. The predicted molar refractivity (Wildman–Crippen MR) is 98.2 cm³/mol. The molecule has 1 aliphatic carbocycles. The Bertz CT molecular complexity index is 606. The second kappa shape index (κ2) is 6.83. The first kappa shape index (κ1) is 19.1. The zero-order valence-electron chi connectivity index (χ0n) is 16.4. The summed E-state index contributed by atoms with van der Waals surface area (Å²) < 4.78 is 0. The zero-order valence-corrected chi connectivity index (χ0v) is 16.4. The molecule has 2 heterocycles. The van der Waals surface area contributed by atoms with Gasteiger partial charge in [0.25, 0.3) is 5.91 Å². The molecule has 2 aliphatic heterocycles. The number of hydrogen-bond acceptors (Lipinski definition) is 4. The molecule has 3 aliphatic rings. The quantitative estimate of drug-likeness (QED) is 0.747. The molecule has 146 valence electrons. The highest BCUT2D eigenvalue weighted by atomic mass is 16.2. The predicted octanol–water partition coefficient (Wildman–Crippen LogP) is 1.68. The van der Waals surface area contributed by atoms with E-state index in [4.69, 9.17) is 0 Å². The van der Waals surface area contributed by atoms with Crippen LogP contribution in [0.1, 0.15) is 59.8 Å². The van der Waals surface area contributed by atoms with Crippen molar-refractivity contribution in [3.8, 4) is 0 Å². The first-order valence-electron chi connectivity index (χ1n) is 9.74. The number of nitrogens with one attached hydrogen (secondary N) is 2. The van der Waals surface area contributed by atoms with Crippen molar-refractivity contribution in [2.24, 2.45) is 11.3 Å². The highest BCUT2D eigenvalue weighted by molar-refractivity contribution is 6.07. The van der Waals surface area contributed by atoms with E-state index in [9.17, 15) is 14.4 Å². The lowest BCUT2D eigenvalue weighted by molar-refractivity contribution is -0.136. The van der Waals surface area contributed by atoms with Gasteiger partial charge in [0, 0.05) is 19.5 Å². The summed E-state index contributed by atoms with van der Waals surface area (Å²) in [6, 6.07) is -0.189. The van der Waals surface area contributed by atoms with Crippen LogP contribution in [0.3, 0.4) is 0 Å². The topological polar surface area (TPSA) is 81.8 Å². The molecular formula is C19H32N4O3. The van der Waals surface area contributed by atoms with Crippen molar-refractivity contribution in [2.75, 3.05) is 19.8 Å². The molecule has 1 spiro atoms. The van der Waals surface area contributed by atoms with Crippen molar-refractivity contribution in [1.82, 2.24) is 20.4 Å². The normalized spacial score (nSPS) is 34.8. The number of carbonyl (C=O) groups excluding carboxylic acids is 3. The number of hydrogen-bond donors (Lipinski definition) is 2. The number of rotatable bonds is 3. The van der Waals surface area contributed by atoms with E-state index in [-0.39, 0.29) is 29.3 Å². The smallest absolute Gasteiger partial charge is 0.326 e. The Labute approximate surface area is 155 Å². The van der Waals surface area contributed by atoms with Crippen molar-refractivity contribution >= 4 is 17.8 Å². The van der Waals surface area contributed by atoms with Gasteiger partial charge in [0.05, 0.1) is 6.67 Å². The average Bonchev–Trinajstić information content (AvgIpc) is 2.68. The van der Waals surface area contributed by atoms with E-state index in [0.29, 0.717) is 32.0 Å². The summed E-state index contributed by atoms with van der Waals surface area (Å²) in [4.78, 5) is 40.6. The minimum atomic E-state index is -0.745. The van der Waals surface area contributed by atoms with Crippen molar-refractivity contribution in [1.29, 1.82) is 0 Å². The molecule has 0 bridgehead atoms. The lowest BCUT2D eigenvalue weighted by Crippen LogP contribution is -2.55. The number of carbonyl (C=O) groups is 3. The molecule has 1 saturated carbocycles. The van der Waals surface area contributed by atoms with Gasteiger partial charge in [-0.25, -0.2) is 9.69 Å². The van der Waals surface area contributed by atoms with Gasteiger partial charge in [0.2, 0.25) is 5.91 Å². The molecule has 3 unspecified atom stereocenters. The fourth-order valence-corrected chi connectivity index (χ4v) is 5.42. The van der Waals surface area contributed by atoms with E-state index < -0.39 is 5.54 Å². The summed E-state index contributed by atoms with van der Waals surface area (Å²) in [5, 5.41) is 5.98. The molecule has 4 amide bonds. The molecule has 3 rings (SSSR count). The minimum Gasteiger partial charge on any atom is -0.352 e. The molecule has 0 aromatic rings. The summed E-state index contributed by atoms with van der Waals surface area (Å²) in [6.45, 7) is 9.84. The largest absolute Gasteiger partial charge is 0.352 e. The third-order valence-corrected chi connectivity index (χ3v) is 5.88. The van der Waals surface area contributed by atoms with E-state index in [1.807, 2.05) is 0 Å². The third kappa shape index (κ3) is 3.87. The molecule has 7 nitrogen and oxygen atoms in total. The summed E-state index contributed by atoms with van der Waals surface area (Å²) in [7, 11) is 0. The number of urea groups is 1. The van der Waals surface area contributed by atoms with E-state index >= 15 is 0 Å². The van der Waals surface area contributed by atoms with Crippen LogP contribution in [0.4, 0.5) is 4.79 Å². The maximum atomic E-state index is 13.2. The summed E-state index contributed by atoms with van der Waals surface area (Å²) >= 11 is 0. The maximum absolute atomic E-state index is 13.2. The fraction of sp³-hybridized carbons (Fsp3) is 0.842. The van der Waals surface area contributed by atoms with Crippen LogP contribution in [0.25, 0.3) is 0 Å². The third-order valence-electron chi connectivity index (χ3n) is 5.88. The lowest BCUT2D eigenvalue weighted by atomic mass is 9.64. The van der Waals surface area contributed by atoms with Crippen molar-refractivity contribution in [3.63, 3.8) is 0 Å². The Balaban J connectivity index is 1.68. The second-order valence-corrected chi connectivity index (χ2v) is 9.36. The lowest BCUT2D eigenvalue weighted by Gasteiger charge is -2.44. The molecule has 0 aromatic heterocycles. The van der Waals surface area contributed by atoms with Gasteiger partial charge in [-0.05, 0) is 50.0 Å². The molecule has 7 heteroatoms. The zero-order chi connectivity index (χ0) is 19.1. The van der Waals surface area contributed by atoms with Gasteiger partial charge in [-0.1, -0.05) is 20.8 Å². The molecule has 0 aromatic carbocycles. The van der Waals surface area contributed by atoms with E-state index in [0.717, 1.165) is 25.8 Å². The Morgan fingerprint density at radius 1 is 1.31 bits per heavy atom. The number of likely N-dealkylation sites (tertiary alicyclic amines) is 1. The average molecular weight is 364 g/mol. The first-order valence-corrected chi connectivity index (χ1v) is 9.74. The number of imide groups is 1. The van der Waals surface area contributed by atoms with Crippen molar-refractivity contribution in [3.05, 3.63) is 0 Å². The number of amides is 4. The van der Waals surface area contributed by atoms with Crippen LogP contribution >= 0.6 is 0 Å². The van der Waals surface area contributed by atoms with Gasteiger partial charge in [-0.2, -0.15) is 0 Å². The Morgan fingerprint density at radius 3 is 2.69 bits per heavy atom. The highest BCUT2D eigenvalue weighted by Gasteiger charge is 2.56. The van der Waals surface area contributed by atoms with Gasteiger partial charge in [0.1, 0.15) is 5.54 Å². The SMILES string of the molecule is CC(=O)NC1CCCN(CN2C(=O)NC3(CC(C)CC(C)(C)C3)C2=O)C1. The molecule has 3 atom stereocenters. The van der Waals surface area contributed by atoms with E-state index in [1.165, 1.54) is 11.8 Å². The van der Waals surface area contributed by atoms with Crippen LogP contribution in [0.5, 0.6) is 0 Å². The van der Waals surface area contributed by atoms with Crippen LogP contribution in [0.2, 0.25) is 0 Å². The summed E-state index contributed by atoms with van der Waals surface area (Å²) in [5.41, 5.74) is -0.705. The van der Waals surface area contributed by atoms with Crippen LogP contribution in [0.15, 0.2) is 0 Å². The van der Waals surface area contributed by atoms with Crippen molar-refractivity contribution in [2.45, 2.75) is 71.4 Å². The Morgan fingerprint density at radius 2 is 2.04 bits per heavy atom. The summed E-state index contributed by atoms with van der Waals surface area (Å²) in [6.07, 6.45) is 4.37. The van der Waals surface area contributed by atoms with Gasteiger partial charge in [-0.15, -0.1) is 0 Å². The monoisotopic (exact) mass is 364 g/mol. The highest BCUT2D eigenvalue weighted by Crippen LogP contribution is 2.46. The Kier molecular flexibility index (Phi) is 5.03. The fourth-order valence-electron chi connectivity index (χ4n) is 5.42. The second-order valence-electron chi connectivity index (χ2n) is 9.36. The van der Waals surface area contributed by atoms with Crippen LogP contribution in [-0.2, 0) is 9.59 Å². The molecule has 3 fully saturated rings. The van der Waals surface area contributed by atoms with Crippen LogP contribution in [-0.4, -0.2) is 59.0 Å². The van der Waals surface area contributed by atoms with Crippen molar-refractivity contribution < 1.29 is 14.4 Å². The standard InChI is InChI=1S/C19H32N4O3/c1-13-8-18(3,4)11-19(9-13)16(25)23(17(26)21-19)12-22-7-5-6-15(10-22)20-14(2)24/h13,15H,5-12H2,1-4H3,(H,20,24)(H,21,26). The van der Waals surface area contributed by atoms with Gasteiger partial charge in [0.15, 0.2) is 0 Å². The first-order chi connectivity index (χ1) is 12.1. The van der Waals surface area contributed by atoms with Crippen LogP contribution in [0, 0.1) is 11.3 Å². The van der Waals surface area contributed by atoms with E-state index in [2.05, 4.69) is 36.3 Å². The van der Waals surface area contributed by atoms with E-state index in [1.54, 1.807) is 0 Å². The van der Waals surface area contributed by atoms with Gasteiger partial charge in [-0.3, -0.25) is 14.5 Å². The molecule has 0 radical (unpaired) electrons. The molecular weight excluding hydrogens is 332 g/mol. The minimum absolute atomic E-state index is 0.0378. The summed E-state index contributed by atoms with van der Waals surface area (Å²) in [5.74, 6) is 0.287. The number of nitrogens with zero attached hydrogens (tertiary/aromatic N) is 2. The molecule has 2 saturated heterocycles. The van der Waals surface area contributed by atoms with Gasteiger partial charge < -0.3 is 10.6 Å². The maximum Gasteiger partial charge on any atom is 0.326 e. The molecule has 2 N–H and O–H groups in total. The Hall–Kier alpha value is -1.63. The van der Waals surface area contributed by atoms with Crippen LogP contribution < -0.4 is 10.6 Å². The van der Waals surface area contributed by atoms with Gasteiger partial charge >= 0.3 is 6.03 Å². The number of piperidine rings is 1.